The highest BCUT2D eigenvalue weighted by Gasteiger charge is 2.37. The third kappa shape index (κ3) is 3.54. The SMILES string of the molecule is CCN(CC)C(CC)(CC)C(N)Cc1ccccn1. The number of nitrogens with zero attached hydrogens (tertiary/aromatic N) is 2. The molecule has 0 aliphatic rings. The van der Waals surface area contributed by atoms with Crippen molar-refractivity contribution in [2.45, 2.75) is 58.5 Å². The lowest BCUT2D eigenvalue weighted by molar-refractivity contribution is 0.0625. The van der Waals surface area contributed by atoms with E-state index in [1.165, 1.54) is 0 Å². The van der Waals surface area contributed by atoms with Crippen LogP contribution >= 0.6 is 0 Å². The van der Waals surface area contributed by atoms with Gasteiger partial charge in [0.2, 0.25) is 0 Å². The summed E-state index contributed by atoms with van der Waals surface area (Å²) in [5.41, 5.74) is 7.75. The van der Waals surface area contributed by atoms with E-state index in [0.29, 0.717) is 0 Å². The predicted octanol–water partition coefficient (Wildman–Crippen LogP) is 2.85. The molecule has 0 aliphatic heterocycles. The molecule has 0 bridgehead atoms. The molecule has 0 amide bonds. The summed E-state index contributed by atoms with van der Waals surface area (Å²) in [7, 11) is 0. The van der Waals surface area contributed by atoms with Crippen LogP contribution in [0.3, 0.4) is 0 Å². The minimum absolute atomic E-state index is 0.0843. The van der Waals surface area contributed by atoms with Crippen molar-refractivity contribution in [2.75, 3.05) is 13.1 Å². The minimum atomic E-state index is 0.0843. The molecule has 0 fully saturated rings. The first-order valence-electron chi connectivity index (χ1n) is 7.55. The molecular formula is C16H29N3. The normalized spacial score (nSPS) is 13.8. The first-order chi connectivity index (χ1) is 9.14. The average molecular weight is 263 g/mol. The molecular weight excluding hydrogens is 234 g/mol. The Labute approximate surface area is 118 Å². The molecule has 2 N–H and O–H groups in total. The van der Waals surface area contributed by atoms with E-state index in [2.05, 4.69) is 43.6 Å². The van der Waals surface area contributed by atoms with E-state index in [4.69, 9.17) is 5.73 Å². The topological polar surface area (TPSA) is 42.1 Å². The molecule has 3 nitrogen and oxygen atoms in total. The monoisotopic (exact) mass is 263 g/mol. The number of aromatic nitrogens is 1. The summed E-state index contributed by atoms with van der Waals surface area (Å²) in [5.74, 6) is 0. The highest BCUT2D eigenvalue weighted by Crippen LogP contribution is 2.28. The van der Waals surface area contributed by atoms with Gasteiger partial charge in [0.05, 0.1) is 0 Å². The molecule has 0 spiro atoms. The second-order valence-electron chi connectivity index (χ2n) is 5.11. The number of nitrogens with two attached hydrogens (primary N) is 1. The highest BCUT2D eigenvalue weighted by atomic mass is 15.2. The van der Waals surface area contributed by atoms with Crippen molar-refractivity contribution >= 4 is 0 Å². The smallest absolute Gasteiger partial charge is 0.0419 e. The zero-order valence-electron chi connectivity index (χ0n) is 12.9. The molecule has 0 saturated heterocycles. The zero-order valence-corrected chi connectivity index (χ0v) is 12.9. The Morgan fingerprint density at radius 3 is 2.21 bits per heavy atom. The van der Waals surface area contributed by atoms with Crippen LogP contribution in [-0.4, -0.2) is 34.6 Å². The predicted molar refractivity (Wildman–Crippen MR) is 82.2 cm³/mol. The van der Waals surface area contributed by atoms with Crippen LogP contribution in [0.5, 0.6) is 0 Å². The van der Waals surface area contributed by atoms with Crippen molar-refractivity contribution in [3.8, 4) is 0 Å². The molecule has 3 heteroatoms. The van der Waals surface area contributed by atoms with Gasteiger partial charge in [-0.2, -0.15) is 0 Å². The van der Waals surface area contributed by atoms with E-state index in [9.17, 15) is 0 Å². The summed E-state index contributed by atoms with van der Waals surface area (Å²) < 4.78 is 0. The van der Waals surface area contributed by atoms with Gasteiger partial charge in [-0.05, 0) is 38.1 Å². The van der Waals surface area contributed by atoms with E-state index in [1.807, 2.05) is 18.3 Å². The summed E-state index contributed by atoms with van der Waals surface area (Å²) in [5, 5.41) is 0. The second kappa shape index (κ2) is 7.61. The van der Waals surface area contributed by atoms with Gasteiger partial charge in [0.15, 0.2) is 0 Å². The molecule has 1 aromatic rings. The van der Waals surface area contributed by atoms with Crippen LogP contribution in [0.4, 0.5) is 0 Å². The van der Waals surface area contributed by atoms with Gasteiger partial charge in [-0.3, -0.25) is 9.88 Å². The fourth-order valence-electron chi connectivity index (χ4n) is 3.24. The minimum Gasteiger partial charge on any atom is -0.326 e. The summed E-state index contributed by atoms with van der Waals surface area (Å²) in [4.78, 5) is 6.93. The van der Waals surface area contributed by atoms with Crippen molar-refractivity contribution in [3.63, 3.8) is 0 Å². The van der Waals surface area contributed by atoms with Crippen LogP contribution < -0.4 is 5.73 Å². The highest BCUT2D eigenvalue weighted by molar-refractivity contribution is 5.09. The summed E-state index contributed by atoms with van der Waals surface area (Å²) >= 11 is 0. The zero-order chi connectivity index (χ0) is 14.3. The number of hydrogen-bond donors (Lipinski definition) is 1. The Morgan fingerprint density at radius 2 is 1.79 bits per heavy atom. The largest absolute Gasteiger partial charge is 0.326 e. The summed E-state index contributed by atoms with van der Waals surface area (Å²) in [6.45, 7) is 11.0. The maximum Gasteiger partial charge on any atom is 0.0419 e. The standard InChI is InChI=1S/C16H29N3/c1-5-16(6-2,19(7-3)8-4)15(17)13-14-11-9-10-12-18-14/h9-12,15H,5-8,13,17H2,1-4H3. The molecule has 108 valence electrons. The number of likely N-dealkylation sites (N-methyl/N-ethyl adjacent to an activating group) is 1. The lowest BCUT2D eigenvalue weighted by atomic mass is 9.80. The van der Waals surface area contributed by atoms with Crippen molar-refractivity contribution in [2.24, 2.45) is 5.73 Å². The van der Waals surface area contributed by atoms with Gasteiger partial charge < -0.3 is 5.73 Å². The molecule has 1 heterocycles. The molecule has 1 rings (SSSR count). The molecule has 1 aromatic heterocycles. The van der Waals surface area contributed by atoms with E-state index < -0.39 is 0 Å². The summed E-state index contributed by atoms with van der Waals surface area (Å²) in [6, 6.07) is 6.17. The number of hydrogen-bond acceptors (Lipinski definition) is 3. The summed E-state index contributed by atoms with van der Waals surface area (Å²) in [6.07, 6.45) is 4.86. The van der Waals surface area contributed by atoms with Gasteiger partial charge in [-0.15, -0.1) is 0 Å². The van der Waals surface area contributed by atoms with E-state index in [0.717, 1.165) is 38.0 Å². The molecule has 1 unspecified atom stereocenters. The van der Waals surface area contributed by atoms with Gasteiger partial charge in [-0.25, -0.2) is 0 Å². The van der Waals surface area contributed by atoms with Gasteiger partial charge in [-0.1, -0.05) is 33.8 Å². The third-order valence-electron chi connectivity index (χ3n) is 4.46. The van der Waals surface area contributed by atoms with E-state index in [1.54, 1.807) is 0 Å². The molecule has 1 atom stereocenters. The Hall–Kier alpha value is -0.930. The molecule has 0 aromatic carbocycles. The van der Waals surface area contributed by atoms with Crippen molar-refractivity contribution in [1.29, 1.82) is 0 Å². The molecule has 19 heavy (non-hydrogen) atoms. The lowest BCUT2D eigenvalue weighted by Gasteiger charge is -2.46. The third-order valence-corrected chi connectivity index (χ3v) is 4.46. The fraction of sp³-hybridized carbons (Fsp3) is 0.688. The maximum absolute atomic E-state index is 6.58. The van der Waals surface area contributed by atoms with E-state index >= 15 is 0 Å². The van der Waals surface area contributed by atoms with Crippen LogP contribution in [0, 0.1) is 0 Å². The van der Waals surface area contributed by atoms with Crippen LogP contribution in [0.15, 0.2) is 24.4 Å². The average Bonchev–Trinajstić information content (AvgIpc) is 2.45. The molecule has 0 aliphatic carbocycles. The van der Waals surface area contributed by atoms with Crippen molar-refractivity contribution in [3.05, 3.63) is 30.1 Å². The van der Waals surface area contributed by atoms with Gasteiger partial charge in [0, 0.05) is 29.9 Å². The van der Waals surface area contributed by atoms with Crippen LogP contribution in [0.25, 0.3) is 0 Å². The maximum atomic E-state index is 6.58. The Bertz CT molecular complexity index is 342. The first-order valence-corrected chi connectivity index (χ1v) is 7.55. The first kappa shape index (κ1) is 16.1. The van der Waals surface area contributed by atoms with Crippen molar-refractivity contribution < 1.29 is 0 Å². The Morgan fingerprint density at radius 1 is 1.16 bits per heavy atom. The molecule has 0 saturated carbocycles. The van der Waals surface area contributed by atoms with Gasteiger partial charge in [0.1, 0.15) is 0 Å². The second-order valence-corrected chi connectivity index (χ2v) is 5.11. The van der Waals surface area contributed by atoms with Crippen molar-refractivity contribution in [1.82, 2.24) is 9.88 Å². The Balaban J connectivity index is 2.91. The van der Waals surface area contributed by atoms with Gasteiger partial charge in [0.25, 0.3) is 0 Å². The molecule has 0 radical (unpaired) electrons. The van der Waals surface area contributed by atoms with Crippen LogP contribution in [0.1, 0.15) is 46.2 Å². The number of pyridine rings is 1. The van der Waals surface area contributed by atoms with Gasteiger partial charge >= 0.3 is 0 Å². The van der Waals surface area contributed by atoms with Crippen LogP contribution in [0.2, 0.25) is 0 Å². The lowest BCUT2D eigenvalue weighted by Crippen LogP contribution is -2.60. The fourth-order valence-corrected chi connectivity index (χ4v) is 3.24. The quantitative estimate of drug-likeness (QED) is 0.784. The van der Waals surface area contributed by atoms with Crippen LogP contribution in [-0.2, 0) is 6.42 Å². The number of rotatable bonds is 8. The van der Waals surface area contributed by atoms with E-state index in [-0.39, 0.29) is 11.6 Å². The Kier molecular flexibility index (Phi) is 6.46.